The van der Waals surface area contributed by atoms with Crippen LogP contribution in [0.15, 0.2) is 10.6 Å². The van der Waals surface area contributed by atoms with Crippen molar-refractivity contribution in [3.05, 3.63) is 17.8 Å². The maximum absolute atomic E-state index is 8.76. The highest BCUT2D eigenvalue weighted by Crippen LogP contribution is 2.23. The fourth-order valence-electron chi connectivity index (χ4n) is 2.37. The Hall–Kier alpha value is -0.910. The second-order valence-electron chi connectivity index (χ2n) is 6.44. The van der Waals surface area contributed by atoms with Gasteiger partial charge in [-0.3, -0.25) is 4.90 Å². The van der Waals surface area contributed by atoms with Crippen molar-refractivity contribution >= 4 is 0 Å². The number of aromatic nitrogens is 1. The van der Waals surface area contributed by atoms with Crippen molar-refractivity contribution in [1.29, 1.82) is 0 Å². The van der Waals surface area contributed by atoms with E-state index in [1.165, 1.54) is 0 Å². The lowest BCUT2D eigenvalue weighted by atomic mass is 9.94. The smallest absolute Gasteiger partial charge is 0.208 e. The fraction of sp³-hybridized carbons (Fsp3) is 0.800. The molecule has 0 radical (unpaired) electrons. The van der Waals surface area contributed by atoms with Crippen LogP contribution in [0.4, 0.5) is 0 Å². The van der Waals surface area contributed by atoms with Crippen LogP contribution < -0.4 is 0 Å². The van der Waals surface area contributed by atoms with Gasteiger partial charge in [-0.2, -0.15) is 0 Å². The highest BCUT2D eigenvalue weighted by atomic mass is 16.5. The summed E-state index contributed by atoms with van der Waals surface area (Å²) in [6, 6.07) is 0. The van der Waals surface area contributed by atoms with Gasteiger partial charge in [0, 0.05) is 18.5 Å². The molecule has 0 amide bonds. The molecule has 0 saturated carbocycles. The molecule has 1 aliphatic rings. The molecular formula is C15H26N2O3. The third-order valence-corrected chi connectivity index (χ3v) is 3.63. The van der Waals surface area contributed by atoms with E-state index in [-0.39, 0.29) is 18.1 Å². The van der Waals surface area contributed by atoms with E-state index in [0.717, 1.165) is 44.1 Å². The minimum absolute atomic E-state index is 0.0103. The van der Waals surface area contributed by atoms with Gasteiger partial charge in [-0.1, -0.05) is 20.8 Å². The molecular weight excluding hydrogens is 256 g/mol. The monoisotopic (exact) mass is 282 g/mol. The molecule has 1 aliphatic heterocycles. The number of hydrogen-bond donors (Lipinski definition) is 1. The lowest BCUT2D eigenvalue weighted by Crippen LogP contribution is -2.37. The van der Waals surface area contributed by atoms with Crippen LogP contribution in [0.5, 0.6) is 0 Å². The average molecular weight is 282 g/mol. The number of oxazole rings is 1. The lowest BCUT2D eigenvalue weighted by molar-refractivity contribution is -0.0102. The van der Waals surface area contributed by atoms with Crippen molar-refractivity contribution in [3.8, 4) is 0 Å². The summed E-state index contributed by atoms with van der Waals surface area (Å²) in [6.45, 7) is 9.67. The van der Waals surface area contributed by atoms with Gasteiger partial charge in [-0.15, -0.1) is 0 Å². The predicted molar refractivity (Wildman–Crippen MR) is 76.5 cm³/mol. The molecule has 0 bridgehead atoms. The van der Waals surface area contributed by atoms with Crippen molar-refractivity contribution < 1.29 is 14.3 Å². The third-order valence-electron chi connectivity index (χ3n) is 3.63. The van der Waals surface area contributed by atoms with Crippen LogP contribution >= 0.6 is 0 Å². The van der Waals surface area contributed by atoms with Crippen LogP contribution in [-0.4, -0.2) is 47.4 Å². The summed E-state index contributed by atoms with van der Waals surface area (Å²) in [5, 5.41) is 8.76. The van der Waals surface area contributed by atoms with E-state index in [4.69, 9.17) is 14.3 Å². The van der Waals surface area contributed by atoms with Crippen LogP contribution in [0.25, 0.3) is 0 Å². The Morgan fingerprint density at radius 1 is 1.40 bits per heavy atom. The molecule has 1 aromatic rings. The van der Waals surface area contributed by atoms with Gasteiger partial charge in [0.25, 0.3) is 0 Å². The minimum Gasteiger partial charge on any atom is -0.444 e. The van der Waals surface area contributed by atoms with E-state index in [9.17, 15) is 0 Å². The maximum Gasteiger partial charge on any atom is 0.208 e. The molecule has 1 aromatic heterocycles. The molecule has 2 rings (SSSR count). The van der Waals surface area contributed by atoms with E-state index in [1.54, 1.807) is 0 Å². The molecule has 20 heavy (non-hydrogen) atoms. The first-order valence-electron chi connectivity index (χ1n) is 7.39. The normalized spacial score (nSPS) is 18.6. The Morgan fingerprint density at radius 3 is 2.65 bits per heavy atom. The Kier molecular flexibility index (Phi) is 5.18. The number of ether oxygens (including phenoxy) is 1. The first kappa shape index (κ1) is 15.5. The number of likely N-dealkylation sites (tertiary alicyclic amines) is 1. The van der Waals surface area contributed by atoms with Crippen molar-refractivity contribution in [2.45, 2.75) is 51.7 Å². The molecule has 1 saturated heterocycles. The van der Waals surface area contributed by atoms with Crippen LogP contribution in [0.1, 0.15) is 45.3 Å². The fourth-order valence-corrected chi connectivity index (χ4v) is 2.37. The summed E-state index contributed by atoms with van der Waals surface area (Å²) in [5.74, 6) is 1.73. The zero-order chi connectivity index (χ0) is 14.6. The van der Waals surface area contributed by atoms with Crippen LogP contribution in [-0.2, 0) is 16.7 Å². The standard InChI is InChI=1S/C15H26N2O3/c1-15(2,3)13-10-16-14(20-13)11-17-6-4-12(5-7-17)19-9-8-18/h10,12,18H,4-9,11H2,1-3H3. The summed E-state index contributed by atoms with van der Waals surface area (Å²) < 4.78 is 11.4. The molecule has 1 fully saturated rings. The summed E-state index contributed by atoms with van der Waals surface area (Å²) in [4.78, 5) is 6.72. The SMILES string of the molecule is CC(C)(C)c1cnc(CN2CCC(OCCO)CC2)o1. The molecule has 5 heteroatoms. The molecule has 5 nitrogen and oxygen atoms in total. The number of piperidine rings is 1. The quantitative estimate of drug-likeness (QED) is 0.894. The number of nitrogens with zero attached hydrogens (tertiary/aromatic N) is 2. The van der Waals surface area contributed by atoms with Gasteiger partial charge >= 0.3 is 0 Å². The molecule has 0 spiro atoms. The molecule has 0 unspecified atom stereocenters. The van der Waals surface area contributed by atoms with E-state index in [2.05, 4.69) is 30.7 Å². The summed E-state index contributed by atoms with van der Waals surface area (Å²) >= 11 is 0. The average Bonchev–Trinajstić information content (AvgIpc) is 2.86. The number of rotatable bonds is 5. The largest absolute Gasteiger partial charge is 0.444 e. The lowest BCUT2D eigenvalue weighted by Gasteiger charge is -2.30. The topological polar surface area (TPSA) is 58.7 Å². The molecule has 1 N–H and O–H groups in total. The zero-order valence-corrected chi connectivity index (χ0v) is 12.8. The van der Waals surface area contributed by atoms with Crippen molar-refractivity contribution in [2.75, 3.05) is 26.3 Å². The molecule has 0 aliphatic carbocycles. The number of aliphatic hydroxyl groups excluding tert-OH is 1. The molecule has 0 atom stereocenters. The Bertz CT molecular complexity index is 403. The van der Waals surface area contributed by atoms with Gasteiger partial charge in [0.2, 0.25) is 5.89 Å². The zero-order valence-electron chi connectivity index (χ0n) is 12.8. The predicted octanol–water partition coefficient (Wildman–Crippen LogP) is 1.95. The van der Waals surface area contributed by atoms with Gasteiger partial charge in [-0.05, 0) is 12.8 Å². The van der Waals surface area contributed by atoms with Gasteiger partial charge in [0.1, 0.15) is 5.76 Å². The number of hydrogen-bond acceptors (Lipinski definition) is 5. The second-order valence-corrected chi connectivity index (χ2v) is 6.44. The maximum atomic E-state index is 8.76. The Morgan fingerprint density at radius 2 is 2.10 bits per heavy atom. The summed E-state index contributed by atoms with van der Waals surface area (Å²) in [6.07, 6.45) is 4.14. The van der Waals surface area contributed by atoms with Gasteiger partial charge in [0.05, 0.1) is 32.1 Å². The second kappa shape index (κ2) is 6.70. The van der Waals surface area contributed by atoms with E-state index < -0.39 is 0 Å². The van der Waals surface area contributed by atoms with Crippen LogP contribution in [0.3, 0.4) is 0 Å². The number of aliphatic hydroxyl groups is 1. The van der Waals surface area contributed by atoms with Crippen molar-refractivity contribution in [2.24, 2.45) is 0 Å². The van der Waals surface area contributed by atoms with Crippen molar-refractivity contribution in [1.82, 2.24) is 9.88 Å². The Labute approximate surface area is 120 Å². The third kappa shape index (κ3) is 4.30. The van der Waals surface area contributed by atoms with Crippen molar-refractivity contribution in [3.63, 3.8) is 0 Å². The van der Waals surface area contributed by atoms with Gasteiger partial charge in [0.15, 0.2) is 0 Å². The highest BCUT2D eigenvalue weighted by Gasteiger charge is 2.23. The van der Waals surface area contributed by atoms with Gasteiger partial charge in [-0.25, -0.2) is 4.98 Å². The molecule has 2 heterocycles. The summed E-state index contributed by atoms with van der Waals surface area (Å²) in [5.41, 5.74) is 0.0103. The first-order chi connectivity index (χ1) is 9.49. The molecule has 114 valence electrons. The Balaban J connectivity index is 1.79. The van der Waals surface area contributed by atoms with E-state index >= 15 is 0 Å². The van der Waals surface area contributed by atoms with E-state index in [1.807, 2.05) is 6.20 Å². The minimum atomic E-state index is 0.0103. The molecule has 0 aromatic carbocycles. The first-order valence-corrected chi connectivity index (χ1v) is 7.39. The van der Waals surface area contributed by atoms with Gasteiger partial charge < -0.3 is 14.3 Å². The van der Waals surface area contributed by atoms with E-state index in [0.29, 0.717) is 6.61 Å². The summed E-state index contributed by atoms with van der Waals surface area (Å²) in [7, 11) is 0. The highest BCUT2D eigenvalue weighted by molar-refractivity contribution is 5.06. The van der Waals surface area contributed by atoms with Crippen LogP contribution in [0, 0.1) is 0 Å². The van der Waals surface area contributed by atoms with Crippen LogP contribution in [0.2, 0.25) is 0 Å².